The minimum absolute atomic E-state index is 0.0453. The standard InChI is InChI=1S/C17H23N3O2/c21-16(20-14-7-3-4-8-14)11-19-17(22)15-9-12-5-1-2-6-13(12)10-18-15/h1-2,5-6,14-15,18H,3-4,7-11H2,(H,19,22)(H,20,21)/p+1/t15-/m0/s1. The number of nitrogens with two attached hydrogens (primary N) is 1. The summed E-state index contributed by atoms with van der Waals surface area (Å²) in [5, 5.41) is 7.81. The predicted octanol–water partition coefficient (Wildman–Crippen LogP) is -0.150. The summed E-state index contributed by atoms with van der Waals surface area (Å²) in [5.41, 5.74) is 2.53. The van der Waals surface area contributed by atoms with Crippen molar-refractivity contribution in [2.75, 3.05) is 6.54 Å². The topological polar surface area (TPSA) is 74.8 Å². The zero-order chi connectivity index (χ0) is 15.4. The van der Waals surface area contributed by atoms with Crippen molar-refractivity contribution in [2.24, 2.45) is 0 Å². The SMILES string of the molecule is O=C(CNC(=O)[C@@H]1Cc2ccccc2C[NH2+]1)NC1CCCC1. The molecule has 1 saturated carbocycles. The lowest BCUT2D eigenvalue weighted by Crippen LogP contribution is -2.93. The van der Waals surface area contributed by atoms with E-state index >= 15 is 0 Å². The van der Waals surface area contributed by atoms with E-state index in [4.69, 9.17) is 0 Å². The van der Waals surface area contributed by atoms with Gasteiger partial charge in [-0.1, -0.05) is 37.1 Å². The van der Waals surface area contributed by atoms with Crippen LogP contribution in [-0.4, -0.2) is 30.4 Å². The van der Waals surface area contributed by atoms with Crippen molar-refractivity contribution in [1.82, 2.24) is 10.6 Å². The highest BCUT2D eigenvalue weighted by atomic mass is 16.2. The number of nitrogens with one attached hydrogen (secondary N) is 2. The van der Waals surface area contributed by atoms with Crippen LogP contribution in [0.4, 0.5) is 0 Å². The monoisotopic (exact) mass is 302 g/mol. The Hall–Kier alpha value is -1.88. The molecule has 3 rings (SSSR count). The molecule has 0 bridgehead atoms. The first-order valence-electron chi connectivity index (χ1n) is 8.19. The number of amides is 2. The van der Waals surface area contributed by atoms with Crippen LogP contribution in [0.25, 0.3) is 0 Å². The minimum atomic E-state index is -0.130. The van der Waals surface area contributed by atoms with Gasteiger partial charge in [-0.3, -0.25) is 9.59 Å². The zero-order valence-corrected chi connectivity index (χ0v) is 12.8. The van der Waals surface area contributed by atoms with Crippen LogP contribution < -0.4 is 16.0 Å². The summed E-state index contributed by atoms with van der Waals surface area (Å²) in [6.07, 6.45) is 5.23. The van der Waals surface area contributed by atoms with Gasteiger partial charge in [-0.15, -0.1) is 0 Å². The summed E-state index contributed by atoms with van der Waals surface area (Å²) in [6.45, 7) is 0.907. The van der Waals surface area contributed by atoms with Gasteiger partial charge in [0.2, 0.25) is 5.91 Å². The Morgan fingerprint density at radius 1 is 1.14 bits per heavy atom. The van der Waals surface area contributed by atoms with Crippen LogP contribution in [0, 0.1) is 0 Å². The second kappa shape index (κ2) is 6.92. The lowest BCUT2D eigenvalue weighted by Gasteiger charge is -2.22. The number of benzene rings is 1. The molecule has 4 N–H and O–H groups in total. The first kappa shape index (κ1) is 15.0. The minimum Gasteiger partial charge on any atom is -0.352 e. The lowest BCUT2D eigenvalue weighted by molar-refractivity contribution is -0.695. The fourth-order valence-electron chi connectivity index (χ4n) is 3.39. The van der Waals surface area contributed by atoms with Gasteiger partial charge in [-0.05, 0) is 18.4 Å². The van der Waals surface area contributed by atoms with Crippen LogP contribution in [0.15, 0.2) is 24.3 Å². The molecule has 1 aromatic rings. The molecule has 0 spiro atoms. The maximum atomic E-state index is 12.2. The smallest absolute Gasteiger partial charge is 0.279 e. The van der Waals surface area contributed by atoms with Crippen molar-refractivity contribution in [1.29, 1.82) is 0 Å². The van der Waals surface area contributed by atoms with Gasteiger partial charge in [0.15, 0.2) is 6.04 Å². The maximum absolute atomic E-state index is 12.2. The summed E-state index contributed by atoms with van der Waals surface area (Å²) >= 11 is 0. The fraction of sp³-hybridized carbons (Fsp3) is 0.529. The summed E-state index contributed by atoms with van der Waals surface area (Å²) in [5.74, 6) is -0.118. The molecule has 118 valence electrons. The number of quaternary nitrogens is 1. The van der Waals surface area contributed by atoms with Gasteiger partial charge in [-0.25, -0.2) is 0 Å². The molecule has 1 aliphatic heterocycles. The molecule has 1 aliphatic carbocycles. The first-order valence-corrected chi connectivity index (χ1v) is 8.19. The molecule has 0 aromatic heterocycles. The molecule has 0 saturated heterocycles. The van der Waals surface area contributed by atoms with E-state index in [0.717, 1.165) is 25.8 Å². The van der Waals surface area contributed by atoms with Crippen molar-refractivity contribution in [3.63, 3.8) is 0 Å². The third kappa shape index (κ3) is 3.65. The van der Waals surface area contributed by atoms with Gasteiger partial charge in [0.1, 0.15) is 6.54 Å². The van der Waals surface area contributed by atoms with Gasteiger partial charge in [0.05, 0.1) is 6.54 Å². The van der Waals surface area contributed by atoms with Crippen molar-refractivity contribution in [3.8, 4) is 0 Å². The second-order valence-corrected chi connectivity index (χ2v) is 6.29. The summed E-state index contributed by atoms with van der Waals surface area (Å²) < 4.78 is 0. The van der Waals surface area contributed by atoms with E-state index in [1.54, 1.807) is 0 Å². The molecular formula is C17H24N3O2+. The van der Waals surface area contributed by atoms with E-state index in [1.165, 1.54) is 24.0 Å². The lowest BCUT2D eigenvalue weighted by atomic mass is 9.95. The molecule has 1 heterocycles. The normalized spacial score (nSPS) is 21.2. The van der Waals surface area contributed by atoms with Gasteiger partial charge in [0.25, 0.3) is 5.91 Å². The molecular weight excluding hydrogens is 278 g/mol. The van der Waals surface area contributed by atoms with Gasteiger partial charge in [-0.2, -0.15) is 0 Å². The highest BCUT2D eigenvalue weighted by Crippen LogP contribution is 2.17. The molecule has 2 aliphatic rings. The van der Waals surface area contributed by atoms with Gasteiger partial charge < -0.3 is 16.0 Å². The van der Waals surface area contributed by atoms with Crippen LogP contribution in [0.5, 0.6) is 0 Å². The highest BCUT2D eigenvalue weighted by molar-refractivity contribution is 5.87. The Kier molecular flexibility index (Phi) is 4.73. The van der Waals surface area contributed by atoms with Crippen molar-refractivity contribution in [3.05, 3.63) is 35.4 Å². The second-order valence-electron chi connectivity index (χ2n) is 6.29. The van der Waals surface area contributed by atoms with E-state index in [2.05, 4.69) is 22.8 Å². The summed E-state index contributed by atoms with van der Waals surface area (Å²) in [7, 11) is 0. The Bertz CT molecular complexity index is 553. The Balaban J connectivity index is 1.45. The fourth-order valence-corrected chi connectivity index (χ4v) is 3.39. The molecule has 22 heavy (non-hydrogen) atoms. The molecule has 5 heteroatoms. The van der Waals surface area contributed by atoms with Crippen molar-refractivity contribution >= 4 is 11.8 Å². The molecule has 5 nitrogen and oxygen atoms in total. The Labute approximate surface area is 130 Å². The quantitative estimate of drug-likeness (QED) is 0.723. The predicted molar refractivity (Wildman–Crippen MR) is 83.0 cm³/mol. The number of rotatable bonds is 4. The van der Waals surface area contributed by atoms with Crippen LogP contribution in [0.2, 0.25) is 0 Å². The average Bonchev–Trinajstić information content (AvgIpc) is 3.05. The number of carbonyl (C=O) groups is 2. The summed E-state index contributed by atoms with van der Waals surface area (Å²) in [4.78, 5) is 24.1. The number of fused-ring (bicyclic) bond motifs is 1. The van der Waals surface area contributed by atoms with Gasteiger partial charge >= 0.3 is 0 Å². The maximum Gasteiger partial charge on any atom is 0.279 e. The van der Waals surface area contributed by atoms with Gasteiger partial charge in [0, 0.05) is 18.0 Å². The third-order valence-electron chi connectivity index (χ3n) is 4.66. The number of carbonyl (C=O) groups excluding carboxylic acids is 2. The van der Waals surface area contributed by atoms with Crippen LogP contribution in [-0.2, 0) is 22.6 Å². The molecule has 1 atom stereocenters. The van der Waals surface area contributed by atoms with Crippen LogP contribution >= 0.6 is 0 Å². The zero-order valence-electron chi connectivity index (χ0n) is 12.8. The first-order chi connectivity index (χ1) is 10.7. The molecule has 1 fully saturated rings. The molecule has 2 amide bonds. The number of hydrogen-bond donors (Lipinski definition) is 3. The van der Waals surface area contributed by atoms with E-state index in [0.29, 0.717) is 6.04 Å². The third-order valence-corrected chi connectivity index (χ3v) is 4.66. The van der Waals surface area contributed by atoms with Crippen molar-refractivity contribution in [2.45, 2.75) is 50.7 Å². The summed E-state index contributed by atoms with van der Waals surface area (Å²) in [6, 6.07) is 8.39. The molecule has 0 unspecified atom stereocenters. The Morgan fingerprint density at radius 2 is 1.86 bits per heavy atom. The van der Waals surface area contributed by atoms with E-state index < -0.39 is 0 Å². The number of hydrogen-bond acceptors (Lipinski definition) is 2. The van der Waals surface area contributed by atoms with Crippen LogP contribution in [0.1, 0.15) is 36.8 Å². The Morgan fingerprint density at radius 3 is 2.64 bits per heavy atom. The van der Waals surface area contributed by atoms with Crippen molar-refractivity contribution < 1.29 is 14.9 Å². The van der Waals surface area contributed by atoms with E-state index in [1.807, 2.05) is 17.4 Å². The van der Waals surface area contributed by atoms with E-state index in [-0.39, 0.29) is 24.4 Å². The largest absolute Gasteiger partial charge is 0.352 e. The molecule has 1 aromatic carbocycles. The van der Waals surface area contributed by atoms with E-state index in [9.17, 15) is 9.59 Å². The average molecular weight is 302 g/mol. The van der Waals surface area contributed by atoms with Crippen LogP contribution in [0.3, 0.4) is 0 Å². The molecule has 0 radical (unpaired) electrons. The highest BCUT2D eigenvalue weighted by Gasteiger charge is 2.28.